The Morgan fingerprint density at radius 3 is 2.71 bits per heavy atom. The zero-order valence-corrected chi connectivity index (χ0v) is 11.1. The topological polar surface area (TPSA) is 44.3 Å². The lowest BCUT2D eigenvalue weighted by atomic mass is 9.75. The zero-order valence-electron chi connectivity index (χ0n) is 11.1. The van der Waals surface area contributed by atoms with Crippen LogP contribution in [0.2, 0.25) is 0 Å². The van der Waals surface area contributed by atoms with E-state index >= 15 is 0 Å². The Kier molecular flexibility index (Phi) is 2.77. The SMILES string of the molecule is CC1(C)[C@@H]2CC[C@@]1(NC[C@@H]1CCCN1)[C@H](O)C2. The van der Waals surface area contributed by atoms with Crippen molar-refractivity contribution in [1.29, 1.82) is 0 Å². The summed E-state index contributed by atoms with van der Waals surface area (Å²) in [5.74, 6) is 0.710. The van der Waals surface area contributed by atoms with E-state index in [0.717, 1.165) is 25.9 Å². The normalized spacial score (nSPS) is 47.8. The van der Waals surface area contributed by atoms with E-state index in [1.807, 2.05) is 0 Å². The summed E-state index contributed by atoms with van der Waals surface area (Å²) in [4.78, 5) is 0. The zero-order chi connectivity index (χ0) is 12.1. The highest BCUT2D eigenvalue weighted by Gasteiger charge is 2.63. The maximum Gasteiger partial charge on any atom is 0.0729 e. The lowest BCUT2D eigenvalue weighted by Crippen LogP contribution is -2.59. The van der Waals surface area contributed by atoms with Crippen molar-refractivity contribution in [2.24, 2.45) is 11.3 Å². The molecule has 1 heterocycles. The Morgan fingerprint density at radius 2 is 2.18 bits per heavy atom. The summed E-state index contributed by atoms with van der Waals surface area (Å²) in [6, 6.07) is 0.618. The average Bonchev–Trinajstić information content (AvgIpc) is 2.91. The standard InChI is InChI=1S/C14H26N2O/c1-13(2)10-5-6-14(13,12(17)8-10)16-9-11-4-3-7-15-11/h10-12,15-17H,3-9H2,1-2H3/t10-,11+,12-,14-/m1/s1. The molecule has 3 rings (SSSR count). The monoisotopic (exact) mass is 238 g/mol. The molecule has 17 heavy (non-hydrogen) atoms. The minimum absolute atomic E-state index is 0.0120. The summed E-state index contributed by atoms with van der Waals surface area (Å²) in [5.41, 5.74) is 0.243. The molecule has 0 spiro atoms. The van der Waals surface area contributed by atoms with Gasteiger partial charge in [0.1, 0.15) is 0 Å². The number of fused-ring (bicyclic) bond motifs is 2. The molecular weight excluding hydrogens is 212 g/mol. The van der Waals surface area contributed by atoms with E-state index in [1.165, 1.54) is 19.3 Å². The molecule has 1 aliphatic heterocycles. The molecule has 4 atom stereocenters. The van der Waals surface area contributed by atoms with Crippen molar-refractivity contribution in [3.8, 4) is 0 Å². The highest BCUT2D eigenvalue weighted by Crippen LogP contribution is 2.60. The van der Waals surface area contributed by atoms with Gasteiger partial charge in [-0.3, -0.25) is 0 Å². The molecule has 3 nitrogen and oxygen atoms in total. The number of nitrogens with one attached hydrogen (secondary N) is 2. The highest BCUT2D eigenvalue weighted by atomic mass is 16.3. The molecular formula is C14H26N2O. The highest BCUT2D eigenvalue weighted by molar-refractivity contribution is 5.18. The van der Waals surface area contributed by atoms with Crippen LogP contribution < -0.4 is 10.6 Å². The molecule has 3 heteroatoms. The number of hydrogen-bond acceptors (Lipinski definition) is 3. The average molecular weight is 238 g/mol. The van der Waals surface area contributed by atoms with Crippen LogP contribution in [0, 0.1) is 11.3 Å². The molecule has 0 radical (unpaired) electrons. The van der Waals surface area contributed by atoms with E-state index in [0.29, 0.717) is 12.0 Å². The van der Waals surface area contributed by atoms with Crippen molar-refractivity contribution in [1.82, 2.24) is 10.6 Å². The van der Waals surface area contributed by atoms with Crippen molar-refractivity contribution < 1.29 is 5.11 Å². The molecule has 0 aromatic heterocycles. The smallest absolute Gasteiger partial charge is 0.0729 e. The maximum atomic E-state index is 10.4. The predicted molar refractivity (Wildman–Crippen MR) is 68.9 cm³/mol. The Balaban J connectivity index is 1.70. The van der Waals surface area contributed by atoms with Crippen molar-refractivity contribution in [2.45, 2.75) is 63.6 Å². The lowest BCUT2D eigenvalue weighted by molar-refractivity contribution is 0.0367. The largest absolute Gasteiger partial charge is 0.391 e. The minimum Gasteiger partial charge on any atom is -0.391 e. The number of aliphatic hydroxyl groups is 1. The van der Waals surface area contributed by atoms with Crippen LogP contribution in [-0.4, -0.2) is 35.9 Å². The molecule has 0 amide bonds. The second kappa shape index (κ2) is 3.94. The quantitative estimate of drug-likeness (QED) is 0.694. The third kappa shape index (κ3) is 1.59. The second-order valence-corrected chi connectivity index (χ2v) is 6.85. The molecule has 0 aromatic rings. The van der Waals surface area contributed by atoms with E-state index < -0.39 is 0 Å². The lowest BCUT2D eigenvalue weighted by Gasteiger charge is -2.42. The summed E-state index contributed by atoms with van der Waals surface area (Å²) in [6.45, 7) is 6.87. The fourth-order valence-corrected chi connectivity index (χ4v) is 4.60. The van der Waals surface area contributed by atoms with Crippen LogP contribution in [-0.2, 0) is 0 Å². The molecule has 3 aliphatic rings. The van der Waals surface area contributed by atoms with Gasteiger partial charge in [0.15, 0.2) is 0 Å². The van der Waals surface area contributed by atoms with Gasteiger partial charge in [0, 0.05) is 18.1 Å². The summed E-state index contributed by atoms with van der Waals surface area (Å²) in [5, 5.41) is 17.7. The Hall–Kier alpha value is -0.120. The molecule has 3 fully saturated rings. The van der Waals surface area contributed by atoms with E-state index in [4.69, 9.17) is 0 Å². The second-order valence-electron chi connectivity index (χ2n) is 6.85. The fourth-order valence-electron chi connectivity index (χ4n) is 4.60. The van der Waals surface area contributed by atoms with Gasteiger partial charge in [0.2, 0.25) is 0 Å². The van der Waals surface area contributed by atoms with Gasteiger partial charge in [-0.25, -0.2) is 0 Å². The van der Waals surface area contributed by atoms with Crippen molar-refractivity contribution in [3.05, 3.63) is 0 Å². The summed E-state index contributed by atoms with van der Waals surface area (Å²) >= 11 is 0. The maximum absolute atomic E-state index is 10.4. The first-order valence-corrected chi connectivity index (χ1v) is 7.23. The summed E-state index contributed by atoms with van der Waals surface area (Å²) in [6.07, 6.45) is 5.88. The first-order valence-electron chi connectivity index (χ1n) is 7.23. The van der Waals surface area contributed by atoms with Crippen LogP contribution in [0.1, 0.15) is 46.0 Å². The van der Waals surface area contributed by atoms with Crippen LogP contribution in [0.3, 0.4) is 0 Å². The van der Waals surface area contributed by atoms with Gasteiger partial charge in [-0.15, -0.1) is 0 Å². The van der Waals surface area contributed by atoms with Gasteiger partial charge in [-0.05, 0) is 50.0 Å². The third-order valence-electron chi connectivity index (χ3n) is 5.96. The van der Waals surface area contributed by atoms with Gasteiger partial charge in [0.25, 0.3) is 0 Å². The van der Waals surface area contributed by atoms with E-state index in [-0.39, 0.29) is 17.1 Å². The van der Waals surface area contributed by atoms with E-state index in [1.54, 1.807) is 0 Å². The number of aliphatic hydroxyl groups excluding tert-OH is 1. The molecule has 0 unspecified atom stereocenters. The first kappa shape index (κ1) is 11.9. The van der Waals surface area contributed by atoms with Crippen LogP contribution in [0.4, 0.5) is 0 Å². The van der Waals surface area contributed by atoms with Crippen molar-refractivity contribution in [2.75, 3.05) is 13.1 Å². The molecule has 3 N–H and O–H groups in total. The van der Waals surface area contributed by atoms with Crippen molar-refractivity contribution in [3.63, 3.8) is 0 Å². The molecule has 2 aliphatic carbocycles. The molecule has 98 valence electrons. The van der Waals surface area contributed by atoms with Crippen LogP contribution in [0.25, 0.3) is 0 Å². The molecule has 2 bridgehead atoms. The van der Waals surface area contributed by atoms with Crippen LogP contribution in [0.5, 0.6) is 0 Å². The van der Waals surface area contributed by atoms with E-state index in [2.05, 4.69) is 24.5 Å². The van der Waals surface area contributed by atoms with Gasteiger partial charge in [0.05, 0.1) is 6.10 Å². The van der Waals surface area contributed by atoms with Crippen LogP contribution in [0.15, 0.2) is 0 Å². The van der Waals surface area contributed by atoms with Gasteiger partial charge < -0.3 is 15.7 Å². The Morgan fingerprint density at radius 1 is 1.35 bits per heavy atom. The minimum atomic E-state index is -0.141. The fraction of sp³-hybridized carbons (Fsp3) is 1.00. The predicted octanol–water partition coefficient (Wildman–Crippen LogP) is 1.27. The number of rotatable bonds is 3. The first-order chi connectivity index (χ1) is 8.06. The number of hydrogen-bond donors (Lipinski definition) is 3. The van der Waals surface area contributed by atoms with E-state index in [9.17, 15) is 5.11 Å². The van der Waals surface area contributed by atoms with Crippen LogP contribution >= 0.6 is 0 Å². The molecule has 0 aromatic carbocycles. The van der Waals surface area contributed by atoms with Gasteiger partial charge in [-0.2, -0.15) is 0 Å². The third-order valence-corrected chi connectivity index (χ3v) is 5.96. The van der Waals surface area contributed by atoms with Gasteiger partial charge >= 0.3 is 0 Å². The Bertz CT molecular complexity index is 299. The Labute approximate surface area is 104 Å². The summed E-state index contributed by atoms with van der Waals surface area (Å²) in [7, 11) is 0. The molecule has 2 saturated carbocycles. The van der Waals surface area contributed by atoms with Gasteiger partial charge in [-0.1, -0.05) is 13.8 Å². The van der Waals surface area contributed by atoms with Crippen molar-refractivity contribution >= 4 is 0 Å². The summed E-state index contributed by atoms with van der Waals surface area (Å²) < 4.78 is 0. The molecule has 1 saturated heterocycles.